The summed E-state index contributed by atoms with van der Waals surface area (Å²) in [6.45, 7) is 3.09. The Morgan fingerprint density at radius 2 is 0.966 bits per heavy atom. The Morgan fingerprint density at radius 3 is 1.41 bits per heavy atom. The van der Waals surface area contributed by atoms with E-state index in [9.17, 15) is 0 Å². The van der Waals surface area contributed by atoms with Gasteiger partial charge in [0.15, 0.2) is 0 Å². The fourth-order valence-electron chi connectivity index (χ4n) is 4.01. The highest BCUT2D eigenvalue weighted by molar-refractivity contribution is 7.95. The molecule has 0 saturated heterocycles. The van der Waals surface area contributed by atoms with E-state index in [0.717, 1.165) is 12.7 Å². The maximum atomic E-state index is 3.71. The van der Waals surface area contributed by atoms with Crippen molar-refractivity contribution >= 4 is 28.9 Å². The molecule has 0 aliphatic rings. The quantitative estimate of drug-likeness (QED) is 0.413. The van der Waals surface area contributed by atoms with Gasteiger partial charge in [0.1, 0.15) is 23.2 Å². The smallest absolute Gasteiger partial charge is 0.113 e. The molecule has 4 aromatic carbocycles. The molecule has 0 spiro atoms. The number of aryl methyl sites for hydroxylation is 1. The van der Waals surface area contributed by atoms with E-state index in [-0.39, 0.29) is 0 Å². The van der Waals surface area contributed by atoms with Gasteiger partial charge < -0.3 is 5.32 Å². The van der Waals surface area contributed by atoms with Crippen LogP contribution in [-0.2, 0) is 0 Å². The number of nitrogens with one attached hydrogen (secondary N) is 1. The van der Waals surface area contributed by atoms with E-state index in [0.29, 0.717) is 0 Å². The zero-order valence-electron chi connectivity index (χ0n) is 16.8. The van der Waals surface area contributed by atoms with Crippen LogP contribution >= 0.6 is 7.26 Å². The molecule has 0 unspecified atom stereocenters. The first-order chi connectivity index (χ1) is 14.3. The van der Waals surface area contributed by atoms with Crippen molar-refractivity contribution in [2.75, 3.05) is 18.0 Å². The van der Waals surface area contributed by atoms with Crippen LogP contribution in [0.3, 0.4) is 0 Å². The molecule has 1 N–H and O–H groups in total. The summed E-state index contributed by atoms with van der Waals surface area (Å²) in [6.07, 6.45) is 1.07. The number of hydrogen-bond acceptors (Lipinski definition) is 1. The topological polar surface area (TPSA) is 12.0 Å². The van der Waals surface area contributed by atoms with Crippen LogP contribution in [0.1, 0.15) is 5.56 Å². The molecule has 4 aromatic rings. The lowest BCUT2D eigenvalue weighted by Crippen LogP contribution is -2.35. The minimum absolute atomic E-state index is 0.928. The lowest BCUT2D eigenvalue weighted by molar-refractivity contribution is 1.20. The van der Waals surface area contributed by atoms with Crippen molar-refractivity contribution in [3.63, 3.8) is 0 Å². The third-order valence-electron chi connectivity index (χ3n) is 5.50. The Balaban J connectivity index is 1.78. The van der Waals surface area contributed by atoms with Crippen LogP contribution in [0.5, 0.6) is 0 Å². The minimum Gasteiger partial charge on any atom is -0.381 e. The Bertz CT molecular complexity index is 933. The van der Waals surface area contributed by atoms with E-state index in [4.69, 9.17) is 0 Å². The van der Waals surface area contributed by atoms with E-state index in [1.54, 1.807) is 0 Å². The Kier molecular flexibility index (Phi) is 6.08. The van der Waals surface area contributed by atoms with Gasteiger partial charge in [0, 0.05) is 12.2 Å². The number of anilines is 1. The molecule has 0 bridgehead atoms. The summed E-state index contributed by atoms with van der Waals surface area (Å²) in [4.78, 5) is 0. The predicted octanol–water partition coefficient (Wildman–Crippen LogP) is 5.40. The van der Waals surface area contributed by atoms with Gasteiger partial charge in [-0.15, -0.1) is 0 Å². The number of para-hydroxylation sites is 1. The molecular weight excluding hydrogens is 369 g/mol. The number of benzene rings is 4. The third kappa shape index (κ3) is 4.11. The molecule has 29 heavy (non-hydrogen) atoms. The molecule has 4 rings (SSSR count). The van der Waals surface area contributed by atoms with E-state index in [1.165, 1.54) is 27.2 Å². The van der Waals surface area contributed by atoms with Crippen molar-refractivity contribution in [1.82, 2.24) is 0 Å². The lowest BCUT2D eigenvalue weighted by atomic mass is 10.2. The third-order valence-corrected chi connectivity index (χ3v) is 9.93. The first-order valence-corrected chi connectivity index (χ1v) is 12.1. The summed E-state index contributed by atoms with van der Waals surface area (Å²) in [5, 5.41) is 8.01. The highest BCUT2D eigenvalue weighted by Gasteiger charge is 2.44. The standard InChI is InChI=1S/C27H27NP/c1-23-13-11-12-20-27(23)28-21-22-29(24-14-5-2-6-15-24,25-16-7-3-8-17-25)26-18-9-4-10-19-26/h2-20,28H,21-22H2,1H3/q+1. The zero-order valence-corrected chi connectivity index (χ0v) is 17.7. The van der Waals surface area contributed by atoms with Gasteiger partial charge >= 0.3 is 0 Å². The molecule has 144 valence electrons. The van der Waals surface area contributed by atoms with Crippen LogP contribution in [0, 0.1) is 6.92 Å². The van der Waals surface area contributed by atoms with E-state index in [1.807, 2.05) is 0 Å². The van der Waals surface area contributed by atoms with Crippen LogP contribution in [0.2, 0.25) is 0 Å². The minimum atomic E-state index is -1.77. The highest BCUT2D eigenvalue weighted by atomic mass is 31.2. The first-order valence-electron chi connectivity index (χ1n) is 10.2. The fourth-order valence-corrected chi connectivity index (χ4v) is 8.17. The molecule has 0 amide bonds. The first kappa shape index (κ1) is 19.4. The average molecular weight is 396 g/mol. The van der Waals surface area contributed by atoms with Crippen molar-refractivity contribution in [1.29, 1.82) is 0 Å². The summed E-state index contributed by atoms with van der Waals surface area (Å²) < 4.78 is 0. The number of rotatable bonds is 7. The monoisotopic (exact) mass is 396 g/mol. The molecule has 0 saturated carbocycles. The van der Waals surface area contributed by atoms with Gasteiger partial charge in [0.2, 0.25) is 0 Å². The maximum absolute atomic E-state index is 3.71. The van der Waals surface area contributed by atoms with Gasteiger partial charge in [-0.05, 0) is 55.0 Å². The van der Waals surface area contributed by atoms with Crippen LogP contribution in [-0.4, -0.2) is 12.7 Å². The molecule has 0 fully saturated rings. The molecule has 0 radical (unpaired) electrons. The van der Waals surface area contributed by atoms with Gasteiger partial charge in [-0.25, -0.2) is 0 Å². The SMILES string of the molecule is Cc1ccccc1NCC[P+](c1ccccc1)(c1ccccc1)c1ccccc1. The normalized spacial score (nSPS) is 11.2. The van der Waals surface area contributed by atoms with Crippen molar-refractivity contribution < 1.29 is 0 Å². The molecule has 0 aliphatic heterocycles. The number of hydrogen-bond donors (Lipinski definition) is 1. The van der Waals surface area contributed by atoms with Crippen molar-refractivity contribution in [2.45, 2.75) is 6.92 Å². The van der Waals surface area contributed by atoms with E-state index >= 15 is 0 Å². The summed E-state index contributed by atoms with van der Waals surface area (Å²) in [5.41, 5.74) is 2.51. The van der Waals surface area contributed by atoms with Crippen LogP contribution in [0.15, 0.2) is 115 Å². The van der Waals surface area contributed by atoms with E-state index < -0.39 is 7.26 Å². The van der Waals surface area contributed by atoms with Crippen LogP contribution < -0.4 is 21.2 Å². The molecule has 2 heteroatoms. The van der Waals surface area contributed by atoms with Gasteiger partial charge in [-0.3, -0.25) is 0 Å². The largest absolute Gasteiger partial charge is 0.381 e. The summed E-state index contributed by atoms with van der Waals surface area (Å²) >= 11 is 0. The molecule has 1 nitrogen and oxygen atoms in total. The van der Waals surface area contributed by atoms with Crippen molar-refractivity contribution in [3.05, 3.63) is 121 Å². The van der Waals surface area contributed by atoms with Crippen LogP contribution in [0.25, 0.3) is 0 Å². The van der Waals surface area contributed by atoms with Gasteiger partial charge in [0.05, 0.1) is 6.16 Å². The average Bonchev–Trinajstić information content (AvgIpc) is 2.80. The van der Waals surface area contributed by atoms with Gasteiger partial charge in [-0.2, -0.15) is 0 Å². The Morgan fingerprint density at radius 1 is 0.552 bits per heavy atom. The lowest BCUT2D eigenvalue weighted by Gasteiger charge is -2.28. The highest BCUT2D eigenvalue weighted by Crippen LogP contribution is 2.54. The summed E-state index contributed by atoms with van der Waals surface area (Å²) in [7, 11) is -1.77. The Hall–Kier alpha value is -2.89. The van der Waals surface area contributed by atoms with Gasteiger partial charge in [0.25, 0.3) is 0 Å². The van der Waals surface area contributed by atoms with E-state index in [2.05, 4.69) is 128 Å². The second-order valence-electron chi connectivity index (χ2n) is 7.28. The molecule has 0 aliphatic carbocycles. The van der Waals surface area contributed by atoms with Gasteiger partial charge in [-0.1, -0.05) is 72.8 Å². The summed E-state index contributed by atoms with van der Waals surface area (Å²) in [6, 6.07) is 41.7. The second-order valence-corrected chi connectivity index (χ2v) is 10.9. The second kappa shape index (κ2) is 9.07. The predicted molar refractivity (Wildman–Crippen MR) is 130 cm³/mol. The molecule has 0 atom stereocenters. The van der Waals surface area contributed by atoms with Crippen LogP contribution in [0.4, 0.5) is 5.69 Å². The fraction of sp³-hybridized carbons (Fsp3) is 0.111. The maximum Gasteiger partial charge on any atom is 0.113 e. The molecular formula is C27H27NP+. The van der Waals surface area contributed by atoms with Crippen molar-refractivity contribution in [2.24, 2.45) is 0 Å². The molecule has 0 heterocycles. The van der Waals surface area contributed by atoms with Crippen molar-refractivity contribution in [3.8, 4) is 0 Å². The zero-order chi connectivity index (χ0) is 19.9. The molecule has 0 aromatic heterocycles. The Labute approximate surface area is 174 Å². The summed E-state index contributed by atoms with van der Waals surface area (Å²) in [5.74, 6) is 0.